The van der Waals surface area contributed by atoms with Gasteiger partial charge in [-0.15, -0.1) is 0 Å². The Balaban J connectivity index is 1.71. The van der Waals surface area contributed by atoms with Crippen molar-refractivity contribution >= 4 is 23.0 Å². The summed E-state index contributed by atoms with van der Waals surface area (Å²) in [6.45, 7) is 1.89. The van der Waals surface area contributed by atoms with Gasteiger partial charge in [-0.3, -0.25) is 4.79 Å². The minimum absolute atomic E-state index is 0.246. The second-order valence-corrected chi connectivity index (χ2v) is 6.94. The molecule has 2 N–H and O–H groups in total. The summed E-state index contributed by atoms with van der Waals surface area (Å²) >= 11 is 6.25. The van der Waals surface area contributed by atoms with E-state index in [2.05, 4.69) is 10.3 Å². The summed E-state index contributed by atoms with van der Waals surface area (Å²) in [5.74, 6) is 0.145. The van der Waals surface area contributed by atoms with E-state index in [1.54, 1.807) is 18.2 Å². The number of carbonyl (C=O) groups excluding carboxylic acids is 1. The first-order valence-corrected chi connectivity index (χ1v) is 9.26. The van der Waals surface area contributed by atoms with Crippen molar-refractivity contribution in [1.29, 1.82) is 0 Å². The Hall–Kier alpha value is -3.18. The van der Waals surface area contributed by atoms with Crippen molar-refractivity contribution in [1.82, 2.24) is 10.3 Å². The lowest BCUT2D eigenvalue weighted by Crippen LogP contribution is -2.28. The van der Waals surface area contributed by atoms with Gasteiger partial charge in [0.1, 0.15) is 5.82 Å². The van der Waals surface area contributed by atoms with Gasteiger partial charge in [-0.05, 0) is 55.0 Å². The predicted octanol–water partition coefficient (Wildman–Crippen LogP) is 4.70. The number of hydrogen-bond acceptors (Lipinski definition) is 1. The second kappa shape index (κ2) is 7.44. The molecule has 0 aliphatic heterocycles. The highest BCUT2D eigenvalue weighted by Crippen LogP contribution is 2.23. The van der Waals surface area contributed by atoms with Gasteiger partial charge in [0.2, 0.25) is 5.69 Å². The summed E-state index contributed by atoms with van der Waals surface area (Å²) in [5, 5.41) is 3.60. The number of amides is 1. The number of H-pyrrole nitrogens is 1. The van der Waals surface area contributed by atoms with Crippen molar-refractivity contribution in [3.8, 4) is 11.4 Å². The van der Waals surface area contributed by atoms with Gasteiger partial charge in [0, 0.05) is 5.02 Å². The molecule has 2 heterocycles. The highest BCUT2D eigenvalue weighted by atomic mass is 35.5. The first kappa shape index (κ1) is 18.2. The predicted molar refractivity (Wildman–Crippen MR) is 107 cm³/mol. The van der Waals surface area contributed by atoms with Crippen LogP contribution in [0.4, 0.5) is 4.39 Å². The van der Waals surface area contributed by atoms with E-state index >= 15 is 0 Å². The molecule has 0 aliphatic rings. The number of halogens is 2. The van der Waals surface area contributed by atoms with E-state index in [1.165, 1.54) is 12.1 Å². The van der Waals surface area contributed by atoms with Crippen LogP contribution in [0.1, 0.15) is 29.0 Å². The summed E-state index contributed by atoms with van der Waals surface area (Å²) in [4.78, 5) is 16.2. The summed E-state index contributed by atoms with van der Waals surface area (Å²) < 4.78 is 15.2. The Bertz CT molecular complexity index is 1150. The van der Waals surface area contributed by atoms with E-state index in [0.29, 0.717) is 16.5 Å². The van der Waals surface area contributed by atoms with Gasteiger partial charge in [-0.25, -0.2) is 9.37 Å². The molecule has 6 heteroatoms. The smallest absolute Gasteiger partial charge is 0.296 e. The van der Waals surface area contributed by atoms with Crippen LogP contribution in [-0.4, -0.2) is 10.9 Å². The fourth-order valence-corrected chi connectivity index (χ4v) is 3.55. The molecule has 140 valence electrons. The van der Waals surface area contributed by atoms with E-state index in [0.717, 1.165) is 16.6 Å². The maximum atomic E-state index is 13.3. The third kappa shape index (κ3) is 3.37. The number of aromatic nitrogens is 2. The van der Waals surface area contributed by atoms with Crippen LogP contribution in [0.15, 0.2) is 72.9 Å². The van der Waals surface area contributed by atoms with Crippen molar-refractivity contribution < 1.29 is 13.6 Å². The van der Waals surface area contributed by atoms with E-state index in [4.69, 9.17) is 11.6 Å². The van der Waals surface area contributed by atoms with Crippen LogP contribution in [0.2, 0.25) is 5.02 Å². The number of pyridine rings is 1. The molecule has 0 spiro atoms. The second-order valence-electron chi connectivity index (χ2n) is 6.53. The summed E-state index contributed by atoms with van der Waals surface area (Å²) in [6, 6.07) is 18.9. The average molecular weight is 395 g/mol. The molecule has 1 atom stereocenters. The van der Waals surface area contributed by atoms with Gasteiger partial charge in [0.05, 0.1) is 17.8 Å². The van der Waals surface area contributed by atoms with Crippen LogP contribution in [0.3, 0.4) is 0 Å². The first-order valence-electron chi connectivity index (χ1n) is 8.88. The quantitative estimate of drug-likeness (QED) is 0.484. The van der Waals surface area contributed by atoms with Gasteiger partial charge < -0.3 is 5.32 Å². The maximum absolute atomic E-state index is 13.3. The number of nitrogens with zero attached hydrogens (tertiary/aromatic N) is 1. The fraction of sp³-hybridized carbons (Fsp3) is 0.0909. The van der Waals surface area contributed by atoms with Crippen LogP contribution in [0.25, 0.3) is 16.9 Å². The Morgan fingerprint density at radius 2 is 1.79 bits per heavy atom. The number of hydrogen-bond donors (Lipinski definition) is 2. The third-order valence-corrected chi connectivity index (χ3v) is 5.01. The first-order chi connectivity index (χ1) is 13.5. The largest absolute Gasteiger partial charge is 0.342 e. The molecule has 2 aromatic heterocycles. The summed E-state index contributed by atoms with van der Waals surface area (Å²) in [7, 11) is 0. The molecule has 0 fully saturated rings. The van der Waals surface area contributed by atoms with E-state index < -0.39 is 0 Å². The molecule has 0 bridgehead atoms. The Labute approximate surface area is 166 Å². The van der Waals surface area contributed by atoms with Gasteiger partial charge in [-0.1, -0.05) is 35.9 Å². The van der Waals surface area contributed by atoms with Gasteiger partial charge >= 0.3 is 0 Å². The molecule has 1 amide bonds. The molecular formula is C22H18ClFN3O+. The van der Waals surface area contributed by atoms with Gasteiger partial charge in [-0.2, -0.15) is 4.40 Å². The number of carbonyl (C=O) groups is 1. The highest BCUT2D eigenvalue weighted by Gasteiger charge is 2.26. The molecule has 2 aromatic carbocycles. The lowest BCUT2D eigenvalue weighted by atomic mass is 10.1. The summed E-state index contributed by atoms with van der Waals surface area (Å²) in [5.41, 5.74) is 2.78. The normalized spacial score (nSPS) is 12.1. The topological polar surface area (TPSA) is 49.0 Å². The SMILES string of the molecule is CC(NC(=O)c1[nH]c(-c2ccc(F)cc2)[n+]2ccccc12)c1ccccc1Cl. The van der Waals surface area contributed by atoms with Gasteiger partial charge in [0.15, 0.2) is 5.52 Å². The standard InChI is InChI=1S/C22H17ClFN3O/c1-14(17-6-2-3-7-18(17)23)25-22(28)20-19-8-4-5-13-27(19)21(26-20)15-9-11-16(24)12-10-15/h2-14H,1H3,(H,25,28)/p+1. The molecule has 0 saturated heterocycles. The fourth-order valence-electron chi connectivity index (χ4n) is 3.25. The average Bonchev–Trinajstić information content (AvgIpc) is 3.09. The Kier molecular flexibility index (Phi) is 4.84. The zero-order valence-electron chi connectivity index (χ0n) is 15.1. The van der Waals surface area contributed by atoms with Crippen LogP contribution in [0.5, 0.6) is 0 Å². The minimum Gasteiger partial charge on any atom is -0.342 e. The molecule has 0 aliphatic carbocycles. The molecule has 4 aromatic rings. The Morgan fingerprint density at radius 1 is 1.07 bits per heavy atom. The molecule has 4 nitrogen and oxygen atoms in total. The molecule has 28 heavy (non-hydrogen) atoms. The minimum atomic E-state index is -0.309. The van der Waals surface area contributed by atoms with Crippen LogP contribution in [0, 0.1) is 5.82 Å². The number of fused-ring (bicyclic) bond motifs is 1. The van der Waals surface area contributed by atoms with Crippen molar-refractivity contribution in [3.63, 3.8) is 0 Å². The van der Waals surface area contributed by atoms with Crippen LogP contribution < -0.4 is 9.72 Å². The lowest BCUT2D eigenvalue weighted by Gasteiger charge is -2.14. The lowest BCUT2D eigenvalue weighted by molar-refractivity contribution is -0.498. The van der Waals surface area contributed by atoms with Crippen molar-refractivity contribution in [2.75, 3.05) is 0 Å². The molecule has 4 rings (SSSR count). The van der Waals surface area contributed by atoms with Crippen LogP contribution in [-0.2, 0) is 0 Å². The number of rotatable bonds is 4. The molecule has 1 unspecified atom stereocenters. The zero-order valence-corrected chi connectivity index (χ0v) is 15.9. The number of benzene rings is 2. The van der Waals surface area contributed by atoms with Gasteiger partial charge in [0.25, 0.3) is 11.7 Å². The van der Waals surface area contributed by atoms with Crippen LogP contribution >= 0.6 is 11.6 Å². The number of imidazole rings is 1. The summed E-state index contributed by atoms with van der Waals surface area (Å²) in [6.07, 6.45) is 1.86. The zero-order chi connectivity index (χ0) is 19.7. The van der Waals surface area contributed by atoms with E-state index in [9.17, 15) is 9.18 Å². The van der Waals surface area contributed by atoms with E-state index in [1.807, 2.05) is 53.9 Å². The Morgan fingerprint density at radius 3 is 2.54 bits per heavy atom. The van der Waals surface area contributed by atoms with Crippen molar-refractivity contribution in [2.45, 2.75) is 13.0 Å². The highest BCUT2D eigenvalue weighted by molar-refractivity contribution is 6.31. The van der Waals surface area contributed by atoms with Crippen molar-refractivity contribution in [2.24, 2.45) is 0 Å². The third-order valence-electron chi connectivity index (χ3n) is 4.66. The number of nitrogens with one attached hydrogen (secondary N) is 2. The molecule has 0 saturated carbocycles. The number of aromatic amines is 1. The molecular weight excluding hydrogens is 377 g/mol. The monoisotopic (exact) mass is 394 g/mol. The molecule has 0 radical (unpaired) electrons. The maximum Gasteiger partial charge on any atom is 0.296 e. The van der Waals surface area contributed by atoms with E-state index in [-0.39, 0.29) is 17.8 Å². The van der Waals surface area contributed by atoms with Crippen molar-refractivity contribution in [3.05, 3.63) is 95.0 Å².